The number of anilines is 1. The number of halogens is 4. The van der Waals surface area contributed by atoms with Crippen LogP contribution in [0.1, 0.15) is 5.69 Å². The second-order valence-electron chi connectivity index (χ2n) is 3.05. The molecule has 2 rings (SSSR count). The van der Waals surface area contributed by atoms with Gasteiger partial charge in [-0.1, -0.05) is 0 Å². The minimum atomic E-state index is -4.61. The molecular formula is C7H5ClF3N5. The minimum absolute atomic E-state index is 0.0511. The second-order valence-corrected chi connectivity index (χ2v) is 3.38. The molecule has 0 atom stereocenters. The third-order valence-corrected chi connectivity index (χ3v) is 2.12. The van der Waals surface area contributed by atoms with E-state index in [4.69, 9.17) is 17.3 Å². The van der Waals surface area contributed by atoms with Gasteiger partial charge in [-0.2, -0.15) is 23.3 Å². The highest BCUT2D eigenvalue weighted by Crippen LogP contribution is 2.35. The zero-order valence-corrected chi connectivity index (χ0v) is 8.63. The molecule has 9 heteroatoms. The van der Waals surface area contributed by atoms with Gasteiger partial charge >= 0.3 is 6.18 Å². The number of aromatic nitrogens is 4. The van der Waals surface area contributed by atoms with Crippen LogP contribution in [0, 0.1) is 0 Å². The highest BCUT2D eigenvalue weighted by Gasteiger charge is 2.38. The van der Waals surface area contributed by atoms with Crippen LogP contribution in [0.4, 0.5) is 19.0 Å². The molecule has 16 heavy (non-hydrogen) atoms. The Morgan fingerprint density at radius 3 is 2.50 bits per heavy atom. The molecule has 0 saturated heterocycles. The monoisotopic (exact) mass is 251 g/mol. The average molecular weight is 252 g/mol. The number of hydrogen-bond donors (Lipinski definition) is 1. The molecule has 0 radical (unpaired) electrons. The quantitative estimate of drug-likeness (QED) is 0.723. The molecular weight excluding hydrogens is 247 g/mol. The standard InChI is InChI=1S/C7H5ClF3N5/c1-16-5-2(3(15-16)7(9,10)11)4(12)13-6(8)14-5/h1H3,(H2,12,13,14). The normalized spacial score (nSPS) is 12.3. The minimum Gasteiger partial charge on any atom is -0.383 e. The SMILES string of the molecule is Cn1nc(C(F)(F)F)c2c(N)nc(Cl)nc21. The Labute approximate surface area is 92.0 Å². The number of alkyl halides is 3. The largest absolute Gasteiger partial charge is 0.435 e. The summed E-state index contributed by atoms with van der Waals surface area (Å²) < 4.78 is 38.7. The van der Waals surface area contributed by atoms with Crippen LogP contribution in [0.5, 0.6) is 0 Å². The molecule has 0 aliphatic carbocycles. The first-order valence-corrected chi connectivity index (χ1v) is 4.41. The second kappa shape index (κ2) is 3.21. The van der Waals surface area contributed by atoms with E-state index in [1.165, 1.54) is 7.05 Å². The van der Waals surface area contributed by atoms with E-state index in [-0.39, 0.29) is 22.1 Å². The Balaban J connectivity index is 2.89. The van der Waals surface area contributed by atoms with Crippen molar-refractivity contribution >= 4 is 28.5 Å². The van der Waals surface area contributed by atoms with Crippen LogP contribution >= 0.6 is 11.6 Å². The Kier molecular flexibility index (Phi) is 2.19. The predicted molar refractivity (Wildman–Crippen MR) is 50.7 cm³/mol. The van der Waals surface area contributed by atoms with Crippen molar-refractivity contribution in [2.75, 3.05) is 5.73 Å². The smallest absolute Gasteiger partial charge is 0.383 e. The maximum Gasteiger partial charge on any atom is 0.435 e. The topological polar surface area (TPSA) is 69.6 Å². The fourth-order valence-corrected chi connectivity index (χ4v) is 1.52. The zero-order chi connectivity index (χ0) is 12.1. The van der Waals surface area contributed by atoms with E-state index in [2.05, 4.69) is 15.1 Å². The van der Waals surface area contributed by atoms with Crippen LogP contribution in [-0.4, -0.2) is 19.7 Å². The van der Waals surface area contributed by atoms with Gasteiger partial charge < -0.3 is 5.73 Å². The van der Waals surface area contributed by atoms with E-state index in [1.54, 1.807) is 0 Å². The van der Waals surface area contributed by atoms with Crippen LogP contribution in [0.3, 0.4) is 0 Å². The molecule has 0 unspecified atom stereocenters. The number of hydrogen-bond acceptors (Lipinski definition) is 4. The van der Waals surface area contributed by atoms with Crippen LogP contribution < -0.4 is 5.73 Å². The van der Waals surface area contributed by atoms with Gasteiger partial charge in [-0.3, -0.25) is 0 Å². The molecule has 86 valence electrons. The summed E-state index contributed by atoms with van der Waals surface area (Å²) in [6, 6.07) is 0. The van der Waals surface area contributed by atoms with Crippen molar-refractivity contribution in [3.05, 3.63) is 11.0 Å². The van der Waals surface area contributed by atoms with Gasteiger partial charge in [0.2, 0.25) is 5.28 Å². The highest BCUT2D eigenvalue weighted by molar-refractivity contribution is 6.28. The summed E-state index contributed by atoms with van der Waals surface area (Å²) in [5, 5.41) is 2.76. The van der Waals surface area contributed by atoms with Crippen molar-refractivity contribution in [2.24, 2.45) is 7.05 Å². The van der Waals surface area contributed by atoms with Gasteiger partial charge in [-0.15, -0.1) is 0 Å². The van der Waals surface area contributed by atoms with Crippen LogP contribution in [0.2, 0.25) is 5.28 Å². The van der Waals surface area contributed by atoms with Gasteiger partial charge in [0.15, 0.2) is 11.3 Å². The molecule has 0 aromatic carbocycles. The molecule has 2 N–H and O–H groups in total. The molecule has 2 aromatic heterocycles. The third kappa shape index (κ3) is 1.54. The molecule has 0 spiro atoms. The lowest BCUT2D eigenvalue weighted by molar-refractivity contribution is -0.140. The van der Waals surface area contributed by atoms with E-state index in [1.807, 2.05) is 0 Å². The lowest BCUT2D eigenvalue weighted by atomic mass is 10.3. The number of nitrogens with two attached hydrogens (primary N) is 1. The molecule has 0 saturated carbocycles. The first-order valence-electron chi connectivity index (χ1n) is 4.03. The lowest BCUT2D eigenvalue weighted by Crippen LogP contribution is -2.08. The predicted octanol–water partition coefficient (Wildman–Crippen LogP) is 1.62. The summed E-state index contributed by atoms with van der Waals surface area (Å²) in [7, 11) is 1.32. The van der Waals surface area contributed by atoms with Gasteiger partial charge in [0.05, 0.1) is 5.39 Å². The van der Waals surface area contributed by atoms with Crippen molar-refractivity contribution < 1.29 is 13.2 Å². The van der Waals surface area contributed by atoms with Crippen LogP contribution in [0.15, 0.2) is 0 Å². The molecule has 0 bridgehead atoms. The molecule has 0 aliphatic rings. The number of nitrogens with zero attached hydrogens (tertiary/aromatic N) is 4. The van der Waals surface area contributed by atoms with E-state index < -0.39 is 11.9 Å². The Morgan fingerprint density at radius 2 is 1.94 bits per heavy atom. The van der Waals surface area contributed by atoms with E-state index >= 15 is 0 Å². The first-order chi connectivity index (χ1) is 7.30. The van der Waals surface area contributed by atoms with Crippen LogP contribution in [0.25, 0.3) is 11.0 Å². The molecule has 0 fully saturated rings. The van der Waals surface area contributed by atoms with Crippen molar-refractivity contribution in [3.8, 4) is 0 Å². The Hall–Kier alpha value is -1.57. The fraction of sp³-hybridized carbons (Fsp3) is 0.286. The summed E-state index contributed by atoms with van der Waals surface area (Å²) in [6.45, 7) is 0. The van der Waals surface area contributed by atoms with Gasteiger partial charge in [-0.05, 0) is 11.6 Å². The molecule has 2 heterocycles. The average Bonchev–Trinajstić information content (AvgIpc) is 2.43. The summed E-state index contributed by atoms with van der Waals surface area (Å²) in [4.78, 5) is 7.11. The van der Waals surface area contributed by atoms with Crippen molar-refractivity contribution in [1.82, 2.24) is 19.7 Å². The summed E-state index contributed by atoms with van der Waals surface area (Å²) >= 11 is 5.49. The Bertz CT molecular complexity index is 561. The zero-order valence-electron chi connectivity index (χ0n) is 7.88. The van der Waals surface area contributed by atoms with E-state index in [0.717, 1.165) is 4.68 Å². The van der Waals surface area contributed by atoms with E-state index in [0.29, 0.717) is 0 Å². The summed E-state index contributed by atoms with van der Waals surface area (Å²) in [5.41, 5.74) is 4.22. The van der Waals surface area contributed by atoms with E-state index in [9.17, 15) is 13.2 Å². The van der Waals surface area contributed by atoms with Crippen molar-refractivity contribution in [3.63, 3.8) is 0 Å². The van der Waals surface area contributed by atoms with Gasteiger partial charge in [0, 0.05) is 7.05 Å². The molecule has 0 aliphatic heterocycles. The maximum atomic E-state index is 12.6. The fourth-order valence-electron chi connectivity index (χ4n) is 1.35. The highest BCUT2D eigenvalue weighted by atomic mass is 35.5. The molecule has 2 aromatic rings. The molecule has 0 amide bonds. The summed E-state index contributed by atoms with van der Waals surface area (Å²) in [5.74, 6) is -0.338. The number of nitrogen functional groups attached to an aromatic ring is 1. The van der Waals surface area contributed by atoms with Crippen LogP contribution in [-0.2, 0) is 13.2 Å². The number of aryl methyl sites for hydroxylation is 1. The molecule has 5 nitrogen and oxygen atoms in total. The summed E-state index contributed by atoms with van der Waals surface area (Å²) in [6.07, 6.45) is -4.61. The van der Waals surface area contributed by atoms with Crippen molar-refractivity contribution in [2.45, 2.75) is 6.18 Å². The Morgan fingerprint density at radius 1 is 1.31 bits per heavy atom. The van der Waals surface area contributed by atoms with Crippen molar-refractivity contribution in [1.29, 1.82) is 0 Å². The van der Waals surface area contributed by atoms with Gasteiger partial charge in [0.25, 0.3) is 0 Å². The lowest BCUT2D eigenvalue weighted by Gasteiger charge is -2.03. The van der Waals surface area contributed by atoms with Gasteiger partial charge in [0.1, 0.15) is 5.82 Å². The number of rotatable bonds is 0. The van der Waals surface area contributed by atoms with Gasteiger partial charge in [-0.25, -0.2) is 9.67 Å². The maximum absolute atomic E-state index is 12.6. The first kappa shape index (κ1) is 10.9. The third-order valence-electron chi connectivity index (χ3n) is 1.95. The number of fused-ring (bicyclic) bond motifs is 1.